The molecule has 80 valence electrons. The summed E-state index contributed by atoms with van der Waals surface area (Å²) in [5.74, 6) is 0. The van der Waals surface area contributed by atoms with Gasteiger partial charge >= 0.3 is 0 Å². The predicted molar refractivity (Wildman–Crippen MR) is 61.1 cm³/mol. The zero-order chi connectivity index (χ0) is 10.2. The van der Waals surface area contributed by atoms with Gasteiger partial charge in [-0.15, -0.1) is 0 Å². The second-order valence-electron chi connectivity index (χ2n) is 4.30. The van der Waals surface area contributed by atoms with Crippen molar-refractivity contribution in [3.8, 4) is 0 Å². The molecule has 0 unspecified atom stereocenters. The van der Waals surface area contributed by atoms with Crippen LogP contribution in [-0.4, -0.2) is 12.1 Å². The Labute approximate surface area is 84.3 Å². The molecule has 1 nitrogen and oxygen atoms in total. The third-order valence-electron chi connectivity index (χ3n) is 2.77. The monoisotopic (exact) mass is 185 g/mol. The summed E-state index contributed by atoms with van der Waals surface area (Å²) in [7, 11) is 0. The molecule has 0 saturated carbocycles. The molecule has 0 bridgehead atoms. The average molecular weight is 185 g/mol. The Morgan fingerprint density at radius 3 is 1.69 bits per heavy atom. The minimum Gasteiger partial charge on any atom is -0.312 e. The molecule has 1 N–H and O–H groups in total. The third kappa shape index (κ3) is 6.09. The molecule has 0 saturated heterocycles. The minimum absolute atomic E-state index is 0.404. The molecule has 0 fully saturated rings. The van der Waals surface area contributed by atoms with Crippen molar-refractivity contribution in [2.75, 3.05) is 6.54 Å². The van der Waals surface area contributed by atoms with E-state index in [2.05, 4.69) is 33.0 Å². The lowest BCUT2D eigenvalue weighted by atomic mass is 9.89. The lowest BCUT2D eigenvalue weighted by Gasteiger charge is -2.30. The molecule has 0 spiro atoms. The van der Waals surface area contributed by atoms with Crippen molar-refractivity contribution in [1.82, 2.24) is 5.32 Å². The molecule has 13 heavy (non-hydrogen) atoms. The SMILES string of the molecule is CCCCC(C)(CCCC)NCC. The fourth-order valence-electron chi connectivity index (χ4n) is 1.86. The van der Waals surface area contributed by atoms with Gasteiger partial charge in [-0.1, -0.05) is 46.5 Å². The second kappa shape index (κ2) is 7.37. The molecular formula is C12H27N. The molecule has 0 aliphatic carbocycles. The Bertz CT molecular complexity index is 102. The first-order valence-electron chi connectivity index (χ1n) is 5.93. The number of hydrogen-bond acceptors (Lipinski definition) is 1. The van der Waals surface area contributed by atoms with Crippen LogP contribution in [0.5, 0.6) is 0 Å². The van der Waals surface area contributed by atoms with Gasteiger partial charge in [0.1, 0.15) is 0 Å². The average Bonchev–Trinajstić information content (AvgIpc) is 2.12. The molecule has 0 aromatic carbocycles. The first-order chi connectivity index (χ1) is 6.18. The van der Waals surface area contributed by atoms with Gasteiger partial charge < -0.3 is 5.32 Å². The van der Waals surface area contributed by atoms with Crippen LogP contribution in [0.2, 0.25) is 0 Å². The van der Waals surface area contributed by atoms with Crippen LogP contribution < -0.4 is 5.32 Å². The zero-order valence-electron chi connectivity index (χ0n) is 9.95. The van der Waals surface area contributed by atoms with Gasteiger partial charge in [0.15, 0.2) is 0 Å². The summed E-state index contributed by atoms with van der Waals surface area (Å²) in [6.07, 6.45) is 8.00. The summed E-state index contributed by atoms with van der Waals surface area (Å²) in [4.78, 5) is 0. The minimum atomic E-state index is 0.404. The fourth-order valence-corrected chi connectivity index (χ4v) is 1.86. The van der Waals surface area contributed by atoms with E-state index in [1.807, 2.05) is 0 Å². The summed E-state index contributed by atoms with van der Waals surface area (Å²) in [5, 5.41) is 3.63. The largest absolute Gasteiger partial charge is 0.312 e. The highest BCUT2D eigenvalue weighted by atomic mass is 14.9. The van der Waals surface area contributed by atoms with Crippen molar-refractivity contribution in [1.29, 1.82) is 0 Å². The van der Waals surface area contributed by atoms with Crippen LogP contribution >= 0.6 is 0 Å². The van der Waals surface area contributed by atoms with Crippen molar-refractivity contribution in [3.63, 3.8) is 0 Å². The van der Waals surface area contributed by atoms with E-state index in [1.165, 1.54) is 38.5 Å². The molecule has 0 radical (unpaired) electrons. The molecule has 0 aliphatic heterocycles. The van der Waals surface area contributed by atoms with E-state index < -0.39 is 0 Å². The van der Waals surface area contributed by atoms with E-state index in [4.69, 9.17) is 0 Å². The maximum atomic E-state index is 3.63. The van der Waals surface area contributed by atoms with Crippen LogP contribution in [0.4, 0.5) is 0 Å². The molecule has 0 heterocycles. The van der Waals surface area contributed by atoms with Crippen LogP contribution in [0.15, 0.2) is 0 Å². The Morgan fingerprint density at radius 2 is 1.38 bits per heavy atom. The number of nitrogens with one attached hydrogen (secondary N) is 1. The maximum Gasteiger partial charge on any atom is 0.0153 e. The van der Waals surface area contributed by atoms with Gasteiger partial charge in [0.2, 0.25) is 0 Å². The summed E-state index contributed by atoms with van der Waals surface area (Å²) >= 11 is 0. The molecule has 0 aliphatic rings. The lowest BCUT2D eigenvalue weighted by Crippen LogP contribution is -2.42. The van der Waals surface area contributed by atoms with Crippen molar-refractivity contribution in [2.45, 2.75) is 71.8 Å². The Morgan fingerprint density at radius 1 is 0.923 bits per heavy atom. The highest BCUT2D eigenvalue weighted by Crippen LogP contribution is 2.20. The molecule has 0 amide bonds. The first-order valence-corrected chi connectivity index (χ1v) is 5.93. The standard InChI is InChI=1S/C12H27N/c1-5-8-10-12(4,13-7-3)11-9-6-2/h13H,5-11H2,1-4H3. The van der Waals surface area contributed by atoms with E-state index >= 15 is 0 Å². The molecule has 0 atom stereocenters. The maximum absolute atomic E-state index is 3.63. The van der Waals surface area contributed by atoms with Crippen molar-refractivity contribution < 1.29 is 0 Å². The van der Waals surface area contributed by atoms with Gasteiger partial charge in [-0.25, -0.2) is 0 Å². The Balaban J connectivity index is 3.84. The van der Waals surface area contributed by atoms with Crippen molar-refractivity contribution in [2.24, 2.45) is 0 Å². The van der Waals surface area contributed by atoms with Gasteiger partial charge in [-0.2, -0.15) is 0 Å². The summed E-state index contributed by atoms with van der Waals surface area (Å²) in [5.41, 5.74) is 0.404. The molecule has 0 aromatic heterocycles. The second-order valence-corrected chi connectivity index (χ2v) is 4.30. The highest BCUT2D eigenvalue weighted by molar-refractivity contribution is 4.81. The predicted octanol–water partition coefficient (Wildman–Crippen LogP) is 3.74. The number of rotatable bonds is 8. The van der Waals surface area contributed by atoms with Gasteiger partial charge in [0.05, 0.1) is 0 Å². The molecule has 1 heteroatoms. The van der Waals surface area contributed by atoms with Crippen LogP contribution in [0.25, 0.3) is 0 Å². The Kier molecular flexibility index (Phi) is 7.35. The van der Waals surface area contributed by atoms with Crippen LogP contribution in [0.3, 0.4) is 0 Å². The quantitative estimate of drug-likeness (QED) is 0.607. The van der Waals surface area contributed by atoms with Gasteiger partial charge in [0.25, 0.3) is 0 Å². The summed E-state index contributed by atoms with van der Waals surface area (Å²) in [6.45, 7) is 10.2. The topological polar surface area (TPSA) is 12.0 Å². The Hall–Kier alpha value is -0.0400. The van der Waals surface area contributed by atoms with E-state index in [0.29, 0.717) is 5.54 Å². The smallest absolute Gasteiger partial charge is 0.0153 e. The normalized spacial score (nSPS) is 12.0. The van der Waals surface area contributed by atoms with Gasteiger partial charge in [-0.05, 0) is 26.3 Å². The van der Waals surface area contributed by atoms with Gasteiger partial charge in [0, 0.05) is 5.54 Å². The van der Waals surface area contributed by atoms with E-state index in [1.54, 1.807) is 0 Å². The summed E-state index contributed by atoms with van der Waals surface area (Å²) in [6, 6.07) is 0. The van der Waals surface area contributed by atoms with Crippen molar-refractivity contribution in [3.05, 3.63) is 0 Å². The van der Waals surface area contributed by atoms with Gasteiger partial charge in [-0.3, -0.25) is 0 Å². The van der Waals surface area contributed by atoms with E-state index in [-0.39, 0.29) is 0 Å². The molecular weight excluding hydrogens is 158 g/mol. The fraction of sp³-hybridized carbons (Fsp3) is 1.00. The zero-order valence-corrected chi connectivity index (χ0v) is 9.95. The highest BCUT2D eigenvalue weighted by Gasteiger charge is 2.20. The number of unbranched alkanes of at least 4 members (excludes halogenated alkanes) is 2. The molecule has 0 rings (SSSR count). The van der Waals surface area contributed by atoms with Crippen LogP contribution in [0, 0.1) is 0 Å². The van der Waals surface area contributed by atoms with Crippen molar-refractivity contribution >= 4 is 0 Å². The lowest BCUT2D eigenvalue weighted by molar-refractivity contribution is 0.298. The first kappa shape index (κ1) is 13.0. The summed E-state index contributed by atoms with van der Waals surface area (Å²) < 4.78 is 0. The molecule has 0 aromatic rings. The van der Waals surface area contributed by atoms with Crippen LogP contribution in [0.1, 0.15) is 66.2 Å². The third-order valence-corrected chi connectivity index (χ3v) is 2.77. The number of hydrogen-bond donors (Lipinski definition) is 1. The van der Waals surface area contributed by atoms with E-state index in [0.717, 1.165) is 6.54 Å². The van der Waals surface area contributed by atoms with Crippen LogP contribution in [-0.2, 0) is 0 Å². The van der Waals surface area contributed by atoms with E-state index in [9.17, 15) is 0 Å².